The molecule has 0 bridgehead atoms. The summed E-state index contributed by atoms with van der Waals surface area (Å²) < 4.78 is 0. The second-order valence-electron chi connectivity index (χ2n) is 4.29. The molecule has 0 unspecified atom stereocenters. The Kier molecular flexibility index (Phi) is 9.16. The molecule has 0 atom stereocenters. The summed E-state index contributed by atoms with van der Waals surface area (Å²) in [5, 5.41) is 20.4. The van der Waals surface area contributed by atoms with Crippen LogP contribution in [-0.2, 0) is 6.42 Å². The molecule has 0 aliphatic rings. The molecule has 0 fully saturated rings. The molecular formula is C14H19NaO3. The van der Waals surface area contributed by atoms with Crippen molar-refractivity contribution >= 4 is 5.97 Å². The van der Waals surface area contributed by atoms with Gasteiger partial charge in [0.05, 0.1) is 5.56 Å². The number of aryl methyl sites for hydroxylation is 1. The summed E-state index contributed by atoms with van der Waals surface area (Å²) in [5.41, 5.74) is 0.828. The minimum atomic E-state index is -0.975. The van der Waals surface area contributed by atoms with Crippen molar-refractivity contribution in [3.63, 3.8) is 0 Å². The van der Waals surface area contributed by atoms with Crippen LogP contribution in [0.4, 0.5) is 0 Å². The molecule has 1 rings (SSSR count). The van der Waals surface area contributed by atoms with Crippen molar-refractivity contribution in [3.05, 3.63) is 29.3 Å². The van der Waals surface area contributed by atoms with E-state index in [-0.39, 0.29) is 40.9 Å². The van der Waals surface area contributed by atoms with E-state index in [1.54, 1.807) is 0 Å². The third-order valence-corrected chi connectivity index (χ3v) is 2.86. The smallest absolute Gasteiger partial charge is 0.872 e. The molecule has 0 aliphatic carbocycles. The van der Waals surface area contributed by atoms with Gasteiger partial charge in [0, 0.05) is 0 Å². The zero-order valence-corrected chi connectivity index (χ0v) is 13.2. The molecule has 0 heterocycles. The van der Waals surface area contributed by atoms with E-state index in [0.717, 1.165) is 12.8 Å². The van der Waals surface area contributed by atoms with E-state index in [2.05, 4.69) is 6.92 Å². The Morgan fingerprint density at radius 2 is 1.89 bits per heavy atom. The molecule has 1 aromatic carbocycles. The van der Waals surface area contributed by atoms with E-state index >= 15 is 0 Å². The Bertz CT molecular complexity index is 377. The molecule has 0 saturated carbocycles. The number of rotatable bonds is 7. The number of benzene rings is 1. The molecule has 18 heavy (non-hydrogen) atoms. The second kappa shape index (κ2) is 9.42. The summed E-state index contributed by atoms with van der Waals surface area (Å²) in [4.78, 5) is 10.8. The van der Waals surface area contributed by atoms with Crippen LogP contribution in [0.5, 0.6) is 5.75 Å². The third-order valence-electron chi connectivity index (χ3n) is 2.86. The largest absolute Gasteiger partial charge is 1.00 e. The molecule has 0 aromatic heterocycles. The van der Waals surface area contributed by atoms with Gasteiger partial charge in [0.2, 0.25) is 0 Å². The van der Waals surface area contributed by atoms with Gasteiger partial charge >= 0.3 is 35.5 Å². The number of carboxylic acid groups (broad SMARTS) is 1. The summed E-state index contributed by atoms with van der Waals surface area (Å²) in [6, 6.07) is 4.22. The molecule has 0 spiro atoms. The maximum Gasteiger partial charge on any atom is 1.00 e. The number of hydrogen-bond donors (Lipinski definition) is 1. The minimum absolute atomic E-state index is 0. The van der Waals surface area contributed by atoms with Crippen LogP contribution in [-0.4, -0.2) is 11.1 Å². The zero-order chi connectivity index (χ0) is 12.7. The SMILES string of the molecule is CCCCCCCc1cc(C(=O)O)ccc1[O-].[Na+]. The molecule has 0 radical (unpaired) electrons. The van der Waals surface area contributed by atoms with Crippen molar-refractivity contribution in [2.75, 3.05) is 0 Å². The maximum atomic E-state index is 11.5. The summed E-state index contributed by atoms with van der Waals surface area (Å²) in [6.45, 7) is 2.16. The minimum Gasteiger partial charge on any atom is -0.872 e. The van der Waals surface area contributed by atoms with Crippen molar-refractivity contribution in [1.82, 2.24) is 0 Å². The summed E-state index contributed by atoms with van der Waals surface area (Å²) in [7, 11) is 0. The number of hydrogen-bond acceptors (Lipinski definition) is 2. The monoisotopic (exact) mass is 258 g/mol. The first kappa shape index (κ1) is 17.5. The van der Waals surface area contributed by atoms with Gasteiger partial charge in [-0.05, 0) is 25.0 Å². The molecule has 1 N–H and O–H groups in total. The summed E-state index contributed by atoms with van der Waals surface area (Å²) in [5.74, 6) is -1.03. The Morgan fingerprint density at radius 1 is 1.22 bits per heavy atom. The standard InChI is InChI=1S/C14H20O3.Na/c1-2-3-4-5-6-7-11-10-12(14(16)17)8-9-13(11)15;/h8-10,15H,2-7H2,1H3,(H,16,17);/q;+1/p-1. The quantitative estimate of drug-likeness (QED) is 0.552. The molecule has 0 aliphatic heterocycles. The van der Waals surface area contributed by atoms with Gasteiger partial charge in [-0.3, -0.25) is 0 Å². The van der Waals surface area contributed by atoms with E-state index in [1.165, 1.54) is 37.5 Å². The molecule has 94 valence electrons. The van der Waals surface area contributed by atoms with E-state index in [0.29, 0.717) is 12.0 Å². The topological polar surface area (TPSA) is 60.4 Å². The number of aromatic carboxylic acids is 1. The van der Waals surface area contributed by atoms with Gasteiger partial charge in [-0.1, -0.05) is 44.2 Å². The normalized spacial score (nSPS) is 9.83. The van der Waals surface area contributed by atoms with Crippen LogP contribution >= 0.6 is 0 Å². The predicted molar refractivity (Wildman–Crippen MR) is 65.3 cm³/mol. The Morgan fingerprint density at radius 3 is 2.50 bits per heavy atom. The zero-order valence-electron chi connectivity index (χ0n) is 11.2. The first-order valence-corrected chi connectivity index (χ1v) is 6.18. The van der Waals surface area contributed by atoms with Gasteiger partial charge in [0.15, 0.2) is 0 Å². The molecular weight excluding hydrogens is 239 g/mol. The van der Waals surface area contributed by atoms with Crippen LogP contribution in [0.1, 0.15) is 54.9 Å². The number of unbranched alkanes of at least 4 members (excludes halogenated alkanes) is 4. The van der Waals surface area contributed by atoms with Crippen LogP contribution in [0.15, 0.2) is 18.2 Å². The van der Waals surface area contributed by atoms with Gasteiger partial charge in [0.25, 0.3) is 0 Å². The first-order chi connectivity index (χ1) is 8.15. The average Bonchev–Trinajstić information content (AvgIpc) is 2.30. The number of carboxylic acids is 1. The van der Waals surface area contributed by atoms with Crippen LogP contribution in [0.3, 0.4) is 0 Å². The fourth-order valence-electron chi connectivity index (χ4n) is 1.83. The van der Waals surface area contributed by atoms with Gasteiger partial charge in [-0.15, -0.1) is 5.75 Å². The predicted octanol–water partition coefficient (Wildman–Crippen LogP) is -0.0247. The second-order valence-corrected chi connectivity index (χ2v) is 4.29. The first-order valence-electron chi connectivity index (χ1n) is 6.18. The van der Waals surface area contributed by atoms with E-state index in [1.807, 2.05) is 0 Å². The van der Waals surface area contributed by atoms with Crippen molar-refractivity contribution in [3.8, 4) is 5.75 Å². The Hall–Kier alpha value is -0.510. The average molecular weight is 258 g/mol. The van der Waals surface area contributed by atoms with Crippen LogP contribution < -0.4 is 34.7 Å². The Labute approximate surface area is 131 Å². The fourth-order valence-corrected chi connectivity index (χ4v) is 1.83. The van der Waals surface area contributed by atoms with Crippen molar-refractivity contribution in [2.45, 2.75) is 45.4 Å². The summed E-state index contributed by atoms with van der Waals surface area (Å²) >= 11 is 0. The van der Waals surface area contributed by atoms with Crippen molar-refractivity contribution in [2.24, 2.45) is 0 Å². The van der Waals surface area contributed by atoms with E-state index < -0.39 is 5.97 Å². The number of carbonyl (C=O) groups is 1. The fraction of sp³-hybridized carbons (Fsp3) is 0.500. The van der Waals surface area contributed by atoms with E-state index in [9.17, 15) is 9.90 Å². The van der Waals surface area contributed by atoms with E-state index in [4.69, 9.17) is 5.11 Å². The van der Waals surface area contributed by atoms with Crippen LogP contribution in [0.2, 0.25) is 0 Å². The Balaban J connectivity index is 0.00000289. The molecule has 1 aromatic rings. The molecule has 0 amide bonds. The van der Waals surface area contributed by atoms with Gasteiger partial charge < -0.3 is 10.2 Å². The maximum absolute atomic E-state index is 11.5. The summed E-state index contributed by atoms with van der Waals surface area (Å²) in [6.07, 6.45) is 6.34. The molecule has 0 saturated heterocycles. The van der Waals surface area contributed by atoms with Crippen molar-refractivity contribution in [1.29, 1.82) is 0 Å². The molecule has 3 nitrogen and oxygen atoms in total. The van der Waals surface area contributed by atoms with Crippen molar-refractivity contribution < 1.29 is 44.6 Å². The van der Waals surface area contributed by atoms with Gasteiger partial charge in [-0.25, -0.2) is 4.79 Å². The van der Waals surface area contributed by atoms with Crippen LogP contribution in [0, 0.1) is 0 Å². The molecule has 4 heteroatoms. The third kappa shape index (κ3) is 5.89. The van der Waals surface area contributed by atoms with Crippen LogP contribution in [0.25, 0.3) is 0 Å². The van der Waals surface area contributed by atoms with Gasteiger partial charge in [-0.2, -0.15) is 0 Å². The van der Waals surface area contributed by atoms with Gasteiger partial charge in [0.1, 0.15) is 0 Å².